The van der Waals surface area contributed by atoms with E-state index in [9.17, 15) is 4.79 Å². The van der Waals surface area contributed by atoms with Crippen LogP contribution in [0.4, 0.5) is 0 Å². The van der Waals surface area contributed by atoms with Crippen LogP contribution in [0.1, 0.15) is 60.3 Å². The molecule has 0 atom stereocenters. The maximum Gasteiger partial charge on any atom is 0.258 e. The largest absolute Gasteiger partial charge is 0.365 e. The zero-order chi connectivity index (χ0) is 18.4. The number of fused-ring (bicyclic) bond motifs is 1. The van der Waals surface area contributed by atoms with Gasteiger partial charge in [0.05, 0.1) is 4.88 Å². The first-order chi connectivity index (χ1) is 11.6. The number of nitrogens with zero attached hydrogens (tertiary/aromatic N) is 1. The summed E-state index contributed by atoms with van der Waals surface area (Å²) in [5.74, 6) is -0.327. The van der Waals surface area contributed by atoms with E-state index in [2.05, 4.69) is 63.2 Å². The van der Waals surface area contributed by atoms with E-state index >= 15 is 0 Å². The maximum atomic E-state index is 11.5. The summed E-state index contributed by atoms with van der Waals surface area (Å²) in [5, 5.41) is 0. The highest BCUT2D eigenvalue weighted by Gasteiger charge is 2.35. The molecule has 0 saturated carbocycles. The SMILES string of the molecule is CC(C)(C)c1ccc(SN2Cc3cc(C(N)=O)sc3C(C)(C)C2)cc1. The average molecular weight is 375 g/mol. The van der Waals surface area contributed by atoms with Crippen molar-refractivity contribution in [3.05, 3.63) is 51.2 Å². The molecule has 2 heterocycles. The molecular formula is C20H26N2OS2. The summed E-state index contributed by atoms with van der Waals surface area (Å²) in [6.07, 6.45) is 0. The molecule has 1 aliphatic heterocycles. The second-order valence-electron chi connectivity index (χ2n) is 8.38. The Kier molecular flexibility index (Phi) is 4.77. The molecule has 3 rings (SSSR count). The van der Waals surface area contributed by atoms with E-state index in [1.807, 2.05) is 6.07 Å². The highest BCUT2D eigenvalue weighted by molar-refractivity contribution is 7.97. The Morgan fingerprint density at radius 3 is 2.44 bits per heavy atom. The lowest BCUT2D eigenvalue weighted by atomic mass is 9.86. The van der Waals surface area contributed by atoms with Crippen molar-refractivity contribution in [2.45, 2.75) is 56.9 Å². The van der Waals surface area contributed by atoms with Crippen molar-refractivity contribution >= 4 is 29.2 Å². The molecule has 0 unspecified atom stereocenters. The Morgan fingerprint density at radius 1 is 1.24 bits per heavy atom. The van der Waals surface area contributed by atoms with E-state index < -0.39 is 0 Å². The summed E-state index contributed by atoms with van der Waals surface area (Å²) in [7, 11) is 0. The van der Waals surface area contributed by atoms with E-state index in [0.717, 1.165) is 13.1 Å². The molecule has 134 valence electrons. The number of amides is 1. The fraction of sp³-hybridized carbons (Fsp3) is 0.450. The van der Waals surface area contributed by atoms with Gasteiger partial charge in [-0.2, -0.15) is 0 Å². The Balaban J connectivity index is 1.79. The molecule has 1 amide bonds. The van der Waals surface area contributed by atoms with Gasteiger partial charge in [0, 0.05) is 28.3 Å². The minimum Gasteiger partial charge on any atom is -0.365 e. The average Bonchev–Trinajstić information content (AvgIpc) is 2.91. The van der Waals surface area contributed by atoms with Gasteiger partial charge in [0.25, 0.3) is 5.91 Å². The van der Waals surface area contributed by atoms with E-state index in [4.69, 9.17) is 5.73 Å². The summed E-state index contributed by atoms with van der Waals surface area (Å²) in [4.78, 5) is 14.7. The molecule has 0 saturated heterocycles. The second-order valence-corrected chi connectivity index (χ2v) is 10.6. The Morgan fingerprint density at radius 2 is 1.88 bits per heavy atom. The fourth-order valence-electron chi connectivity index (χ4n) is 3.23. The van der Waals surface area contributed by atoms with Gasteiger partial charge < -0.3 is 5.73 Å². The van der Waals surface area contributed by atoms with Crippen molar-refractivity contribution in [2.75, 3.05) is 6.54 Å². The lowest BCUT2D eigenvalue weighted by Gasteiger charge is -2.37. The van der Waals surface area contributed by atoms with Crippen LogP contribution in [0.5, 0.6) is 0 Å². The highest BCUT2D eigenvalue weighted by Crippen LogP contribution is 2.42. The van der Waals surface area contributed by atoms with Gasteiger partial charge in [-0.05, 0) is 46.7 Å². The molecule has 1 aromatic heterocycles. The summed E-state index contributed by atoms with van der Waals surface area (Å²) >= 11 is 3.34. The zero-order valence-corrected chi connectivity index (χ0v) is 17.2. The minimum absolute atomic E-state index is 0.0182. The van der Waals surface area contributed by atoms with E-state index in [-0.39, 0.29) is 16.7 Å². The van der Waals surface area contributed by atoms with Crippen LogP contribution in [0.2, 0.25) is 0 Å². The van der Waals surface area contributed by atoms with Crippen LogP contribution in [0.3, 0.4) is 0 Å². The number of carbonyl (C=O) groups is 1. The lowest BCUT2D eigenvalue weighted by Crippen LogP contribution is -2.37. The fourth-order valence-corrected chi connectivity index (χ4v) is 5.49. The van der Waals surface area contributed by atoms with E-state index in [1.54, 1.807) is 23.3 Å². The summed E-state index contributed by atoms with van der Waals surface area (Å²) < 4.78 is 2.38. The van der Waals surface area contributed by atoms with Crippen LogP contribution >= 0.6 is 23.3 Å². The summed E-state index contributed by atoms with van der Waals surface area (Å²) in [6, 6.07) is 10.8. The molecule has 2 N–H and O–H groups in total. The standard InChI is InChI=1S/C20H26N2OS2/c1-19(2,3)14-6-8-15(9-7-14)25-22-11-13-10-16(18(21)23)24-17(13)20(4,5)12-22/h6-10H,11-12H2,1-5H3,(H2,21,23). The normalized spacial score (nSPS) is 17.3. The number of carbonyl (C=O) groups excluding carboxylic acids is 1. The third kappa shape index (κ3) is 3.94. The smallest absolute Gasteiger partial charge is 0.258 e. The highest BCUT2D eigenvalue weighted by atomic mass is 32.2. The van der Waals surface area contributed by atoms with Gasteiger partial charge >= 0.3 is 0 Å². The lowest BCUT2D eigenvalue weighted by molar-refractivity contribution is 0.100. The molecule has 0 radical (unpaired) electrons. The molecule has 0 aliphatic carbocycles. The summed E-state index contributed by atoms with van der Waals surface area (Å²) in [5.41, 5.74) is 8.25. The zero-order valence-electron chi connectivity index (χ0n) is 15.6. The number of nitrogens with two attached hydrogens (primary N) is 1. The third-order valence-electron chi connectivity index (χ3n) is 4.54. The molecule has 1 aliphatic rings. The molecule has 2 aromatic rings. The molecular weight excluding hydrogens is 348 g/mol. The van der Waals surface area contributed by atoms with Crippen molar-refractivity contribution in [3.63, 3.8) is 0 Å². The number of hydrogen-bond acceptors (Lipinski definition) is 4. The predicted octanol–water partition coefficient (Wildman–Crippen LogP) is 4.95. The topological polar surface area (TPSA) is 46.3 Å². The molecule has 0 fully saturated rings. The van der Waals surface area contributed by atoms with Crippen LogP contribution < -0.4 is 5.73 Å². The first-order valence-corrected chi connectivity index (χ1v) is 10.1. The van der Waals surface area contributed by atoms with Crippen molar-refractivity contribution in [3.8, 4) is 0 Å². The summed E-state index contributed by atoms with van der Waals surface area (Å²) in [6.45, 7) is 13.0. The number of hydrogen-bond donors (Lipinski definition) is 1. The van der Waals surface area contributed by atoms with Crippen LogP contribution in [-0.2, 0) is 17.4 Å². The maximum absolute atomic E-state index is 11.5. The quantitative estimate of drug-likeness (QED) is 0.774. The molecule has 25 heavy (non-hydrogen) atoms. The Labute approximate surface area is 158 Å². The van der Waals surface area contributed by atoms with Gasteiger partial charge in [0.2, 0.25) is 0 Å². The Hall–Kier alpha value is -1.30. The minimum atomic E-state index is -0.327. The monoisotopic (exact) mass is 374 g/mol. The number of primary amides is 1. The van der Waals surface area contributed by atoms with Crippen molar-refractivity contribution in [1.29, 1.82) is 0 Å². The number of rotatable bonds is 3. The van der Waals surface area contributed by atoms with Gasteiger partial charge in [0.1, 0.15) is 0 Å². The Bertz CT molecular complexity index is 785. The predicted molar refractivity (Wildman–Crippen MR) is 107 cm³/mol. The van der Waals surface area contributed by atoms with Gasteiger partial charge in [-0.15, -0.1) is 11.3 Å². The molecule has 0 bridgehead atoms. The third-order valence-corrected chi connectivity index (χ3v) is 7.10. The van der Waals surface area contributed by atoms with Gasteiger partial charge in [-0.1, -0.05) is 46.8 Å². The number of thiophene rings is 1. The van der Waals surface area contributed by atoms with E-state index in [0.29, 0.717) is 4.88 Å². The molecule has 1 aromatic carbocycles. The first-order valence-electron chi connectivity index (χ1n) is 8.53. The van der Waals surface area contributed by atoms with Crippen LogP contribution in [0.15, 0.2) is 35.2 Å². The van der Waals surface area contributed by atoms with Crippen molar-refractivity contribution in [2.24, 2.45) is 5.73 Å². The van der Waals surface area contributed by atoms with E-state index in [1.165, 1.54) is 20.9 Å². The second kappa shape index (κ2) is 6.45. The van der Waals surface area contributed by atoms with Gasteiger partial charge in [0.15, 0.2) is 0 Å². The van der Waals surface area contributed by atoms with Crippen molar-refractivity contribution < 1.29 is 4.79 Å². The number of benzene rings is 1. The molecule has 0 spiro atoms. The molecule has 3 nitrogen and oxygen atoms in total. The van der Waals surface area contributed by atoms with Gasteiger partial charge in [-0.3, -0.25) is 4.79 Å². The molecule has 5 heteroatoms. The van der Waals surface area contributed by atoms with Crippen LogP contribution in [-0.4, -0.2) is 16.8 Å². The van der Waals surface area contributed by atoms with Crippen LogP contribution in [0.25, 0.3) is 0 Å². The first kappa shape index (κ1) is 18.5. The van der Waals surface area contributed by atoms with Crippen LogP contribution in [0, 0.1) is 0 Å². The van der Waals surface area contributed by atoms with Crippen molar-refractivity contribution in [1.82, 2.24) is 4.31 Å². The van der Waals surface area contributed by atoms with Gasteiger partial charge in [-0.25, -0.2) is 4.31 Å².